The van der Waals surface area contributed by atoms with Crippen molar-refractivity contribution in [1.29, 1.82) is 5.26 Å². The molecule has 2 aliphatic heterocycles. The number of hydrogen-bond donors (Lipinski definition) is 1. The van der Waals surface area contributed by atoms with E-state index in [-0.39, 0.29) is 17.7 Å². The molecule has 7 nitrogen and oxygen atoms in total. The van der Waals surface area contributed by atoms with Crippen LogP contribution in [-0.4, -0.2) is 68.5 Å². The molecule has 1 N–H and O–H groups in total. The van der Waals surface area contributed by atoms with Crippen molar-refractivity contribution in [3.63, 3.8) is 0 Å². The van der Waals surface area contributed by atoms with E-state index in [2.05, 4.69) is 54.7 Å². The number of aliphatic hydroxyl groups excluding tert-OH is 1. The Morgan fingerprint density at radius 1 is 1.23 bits per heavy atom. The van der Waals surface area contributed by atoms with E-state index in [0.717, 1.165) is 30.7 Å². The first-order chi connectivity index (χ1) is 14.9. The number of rotatable bonds is 7. The monoisotopic (exact) mass is 485 g/mol. The van der Waals surface area contributed by atoms with Gasteiger partial charge in [-0.1, -0.05) is 15.9 Å². The minimum absolute atomic E-state index is 0.122. The van der Waals surface area contributed by atoms with Gasteiger partial charge < -0.3 is 19.5 Å². The second-order valence-electron chi connectivity index (χ2n) is 8.28. The SMILES string of the molecule is COC(=O)c1ccc(OC[C@H](O)CN2CC3(C2)CN(c2ccc(Br)cc2)C3)cc1C#N. The molecule has 2 aliphatic rings. The molecule has 2 aromatic carbocycles. The Morgan fingerprint density at radius 3 is 2.58 bits per heavy atom. The van der Waals surface area contributed by atoms with Gasteiger partial charge in [-0.3, -0.25) is 4.90 Å². The van der Waals surface area contributed by atoms with E-state index in [4.69, 9.17) is 4.74 Å². The van der Waals surface area contributed by atoms with Crippen molar-refractivity contribution in [3.05, 3.63) is 58.1 Å². The van der Waals surface area contributed by atoms with Crippen molar-refractivity contribution >= 4 is 27.6 Å². The van der Waals surface area contributed by atoms with Crippen LogP contribution in [0.15, 0.2) is 46.9 Å². The second-order valence-corrected chi connectivity index (χ2v) is 9.19. The molecule has 31 heavy (non-hydrogen) atoms. The van der Waals surface area contributed by atoms with Crippen molar-refractivity contribution in [2.24, 2.45) is 5.41 Å². The van der Waals surface area contributed by atoms with Crippen molar-refractivity contribution in [3.8, 4) is 11.8 Å². The molecule has 2 aromatic rings. The number of β-amino-alcohol motifs (C(OH)–C–C–N with tert-alkyl or cyclic N) is 1. The highest BCUT2D eigenvalue weighted by Crippen LogP contribution is 2.42. The molecule has 0 radical (unpaired) electrons. The number of ether oxygens (including phenoxy) is 2. The average Bonchev–Trinajstić information content (AvgIpc) is 2.73. The van der Waals surface area contributed by atoms with Crippen molar-refractivity contribution < 1.29 is 19.4 Å². The first kappa shape index (κ1) is 21.6. The summed E-state index contributed by atoms with van der Waals surface area (Å²) in [7, 11) is 1.27. The lowest BCUT2D eigenvalue weighted by molar-refractivity contribution is -0.0507. The first-order valence-electron chi connectivity index (χ1n) is 10.1. The van der Waals surface area contributed by atoms with Crippen molar-refractivity contribution in [1.82, 2.24) is 4.90 Å². The van der Waals surface area contributed by atoms with Gasteiger partial charge in [0, 0.05) is 48.3 Å². The summed E-state index contributed by atoms with van der Waals surface area (Å²) in [6.07, 6.45) is -0.633. The predicted molar refractivity (Wildman–Crippen MR) is 119 cm³/mol. The molecule has 2 saturated heterocycles. The summed E-state index contributed by atoms with van der Waals surface area (Å²) in [5.74, 6) is -0.128. The van der Waals surface area contributed by atoms with Crippen LogP contribution in [0, 0.1) is 16.7 Å². The summed E-state index contributed by atoms with van der Waals surface area (Å²) >= 11 is 3.47. The van der Waals surface area contributed by atoms with Gasteiger partial charge in [-0.15, -0.1) is 0 Å². The van der Waals surface area contributed by atoms with Crippen LogP contribution in [0.1, 0.15) is 15.9 Å². The lowest BCUT2D eigenvalue weighted by atomic mass is 9.72. The molecule has 0 aliphatic carbocycles. The smallest absolute Gasteiger partial charge is 0.339 e. The third-order valence-corrected chi connectivity index (χ3v) is 6.32. The zero-order valence-corrected chi connectivity index (χ0v) is 18.8. The van der Waals surface area contributed by atoms with Gasteiger partial charge in [0.15, 0.2) is 0 Å². The highest BCUT2D eigenvalue weighted by molar-refractivity contribution is 9.10. The molecule has 4 rings (SSSR count). The van der Waals surface area contributed by atoms with Gasteiger partial charge in [0.05, 0.1) is 18.2 Å². The number of likely N-dealkylation sites (tertiary alicyclic amines) is 1. The molecule has 2 fully saturated rings. The fourth-order valence-electron chi connectivity index (χ4n) is 4.37. The van der Waals surface area contributed by atoms with Gasteiger partial charge in [-0.25, -0.2) is 4.79 Å². The van der Waals surface area contributed by atoms with E-state index in [1.165, 1.54) is 24.9 Å². The topological polar surface area (TPSA) is 86.0 Å². The maximum Gasteiger partial charge on any atom is 0.339 e. The molecular formula is C23H24BrN3O4. The Hall–Kier alpha value is -2.60. The largest absolute Gasteiger partial charge is 0.491 e. The number of nitrogens with zero attached hydrogens (tertiary/aromatic N) is 3. The molecule has 1 spiro atoms. The van der Waals surface area contributed by atoms with Crippen LogP contribution in [0.3, 0.4) is 0 Å². The van der Waals surface area contributed by atoms with Crippen LogP contribution in [0.5, 0.6) is 5.75 Å². The zero-order chi connectivity index (χ0) is 22.0. The molecule has 0 amide bonds. The van der Waals surface area contributed by atoms with E-state index in [9.17, 15) is 15.2 Å². The molecule has 162 valence electrons. The number of benzene rings is 2. The highest BCUT2D eigenvalue weighted by Gasteiger charge is 2.51. The van der Waals surface area contributed by atoms with E-state index in [1.54, 1.807) is 6.07 Å². The number of carbonyl (C=O) groups is 1. The number of carbonyl (C=O) groups excluding carboxylic acids is 1. The minimum Gasteiger partial charge on any atom is -0.491 e. The van der Waals surface area contributed by atoms with Crippen LogP contribution in [0.25, 0.3) is 0 Å². The summed E-state index contributed by atoms with van der Waals surface area (Å²) in [5, 5.41) is 19.6. The number of anilines is 1. The van der Waals surface area contributed by atoms with E-state index in [1.807, 2.05) is 6.07 Å². The lowest BCUT2D eigenvalue weighted by Gasteiger charge is -2.61. The third-order valence-electron chi connectivity index (χ3n) is 5.79. The normalized spacial score (nSPS) is 17.9. The summed E-state index contributed by atoms with van der Waals surface area (Å²) in [4.78, 5) is 16.3. The second kappa shape index (κ2) is 8.87. The molecule has 0 bridgehead atoms. The number of hydrogen-bond acceptors (Lipinski definition) is 7. The fourth-order valence-corrected chi connectivity index (χ4v) is 4.63. The van der Waals surface area contributed by atoms with Gasteiger partial charge in [0.25, 0.3) is 0 Å². The minimum atomic E-state index is -0.633. The maximum atomic E-state index is 11.7. The van der Waals surface area contributed by atoms with Crippen LogP contribution >= 0.6 is 15.9 Å². The average molecular weight is 486 g/mol. The third kappa shape index (κ3) is 4.69. The zero-order valence-electron chi connectivity index (χ0n) is 17.3. The van der Waals surface area contributed by atoms with E-state index < -0.39 is 12.1 Å². The van der Waals surface area contributed by atoms with Gasteiger partial charge in [-0.05, 0) is 42.5 Å². The van der Waals surface area contributed by atoms with Gasteiger partial charge in [-0.2, -0.15) is 5.26 Å². The number of methoxy groups -OCH3 is 1. The van der Waals surface area contributed by atoms with Crippen molar-refractivity contribution in [2.45, 2.75) is 6.10 Å². The molecule has 8 heteroatoms. The lowest BCUT2D eigenvalue weighted by Crippen LogP contribution is -2.72. The van der Waals surface area contributed by atoms with E-state index in [0.29, 0.717) is 17.7 Å². The Bertz CT molecular complexity index is 991. The van der Waals surface area contributed by atoms with Crippen LogP contribution in [0.2, 0.25) is 0 Å². The van der Waals surface area contributed by atoms with Crippen LogP contribution in [0.4, 0.5) is 5.69 Å². The number of esters is 1. The predicted octanol–water partition coefficient (Wildman–Crippen LogP) is 2.67. The standard InChI is InChI=1S/C23H24BrN3O4/c1-30-22(29)21-7-6-20(8-16(21)9-25)31-11-19(28)10-26-12-23(13-26)14-27(15-23)18-4-2-17(24)3-5-18/h2-8,19,28H,10-15H2,1H3/t19-/m1/s1. The van der Waals surface area contributed by atoms with E-state index >= 15 is 0 Å². The Kier molecular flexibility index (Phi) is 6.19. The summed E-state index contributed by atoms with van der Waals surface area (Å²) in [6.45, 7) is 4.71. The summed E-state index contributed by atoms with van der Waals surface area (Å²) in [6, 6.07) is 14.9. The Balaban J connectivity index is 1.21. The number of aliphatic hydroxyl groups is 1. The molecule has 0 saturated carbocycles. The van der Waals surface area contributed by atoms with Gasteiger partial charge in [0.2, 0.25) is 0 Å². The Labute approximate surface area is 189 Å². The molecular weight excluding hydrogens is 462 g/mol. The number of halogens is 1. The summed E-state index contributed by atoms with van der Waals surface area (Å²) in [5.41, 5.74) is 1.96. The van der Waals surface area contributed by atoms with Gasteiger partial charge >= 0.3 is 5.97 Å². The summed E-state index contributed by atoms with van der Waals surface area (Å²) < 4.78 is 11.4. The quantitative estimate of drug-likeness (QED) is 0.603. The first-order valence-corrected chi connectivity index (χ1v) is 10.9. The maximum absolute atomic E-state index is 11.7. The molecule has 1 atom stereocenters. The highest BCUT2D eigenvalue weighted by atomic mass is 79.9. The molecule has 0 aromatic heterocycles. The van der Waals surface area contributed by atoms with Crippen LogP contribution < -0.4 is 9.64 Å². The van der Waals surface area contributed by atoms with Gasteiger partial charge in [0.1, 0.15) is 24.5 Å². The van der Waals surface area contributed by atoms with Crippen molar-refractivity contribution in [2.75, 3.05) is 51.3 Å². The fraction of sp³-hybridized carbons (Fsp3) is 0.391. The molecule has 0 unspecified atom stereocenters. The Morgan fingerprint density at radius 2 is 1.94 bits per heavy atom. The molecule has 2 heterocycles. The number of nitriles is 1. The van der Waals surface area contributed by atoms with Crippen LogP contribution in [-0.2, 0) is 4.74 Å².